The van der Waals surface area contributed by atoms with E-state index in [0.29, 0.717) is 24.1 Å². The average molecular weight is 342 g/mol. The van der Waals surface area contributed by atoms with Crippen molar-refractivity contribution in [2.24, 2.45) is 0 Å². The van der Waals surface area contributed by atoms with Crippen molar-refractivity contribution >= 4 is 27.5 Å². The van der Waals surface area contributed by atoms with Gasteiger partial charge in [-0.25, -0.2) is 4.39 Å². The lowest BCUT2D eigenvalue weighted by molar-refractivity contribution is -0.116. The number of alkyl halides is 1. The predicted octanol–water partition coefficient (Wildman–Crippen LogP) is 3.71. The Hall–Kier alpha value is -0.940. The van der Waals surface area contributed by atoms with E-state index in [2.05, 4.69) is 21.2 Å². The van der Waals surface area contributed by atoms with Gasteiger partial charge in [0.15, 0.2) is 0 Å². The molecule has 3 rings (SSSR count). The summed E-state index contributed by atoms with van der Waals surface area (Å²) in [6, 6.07) is 3.28. The number of aryl methyl sites for hydroxylation is 1. The number of hydrogen-bond donors (Lipinski definition) is 1. The number of ether oxygens (including phenoxy) is 1. The highest BCUT2D eigenvalue weighted by atomic mass is 79.9. The maximum absolute atomic E-state index is 14.3. The Morgan fingerprint density at radius 3 is 2.90 bits per heavy atom. The van der Waals surface area contributed by atoms with Crippen LogP contribution in [0.2, 0.25) is 0 Å². The number of carbonyl (C=O) groups excluding carboxylic acids is 1. The van der Waals surface area contributed by atoms with Crippen LogP contribution < -0.4 is 5.32 Å². The van der Waals surface area contributed by atoms with Gasteiger partial charge < -0.3 is 10.1 Å². The summed E-state index contributed by atoms with van der Waals surface area (Å²) in [5.41, 5.74) is 2.22. The van der Waals surface area contributed by atoms with E-state index in [4.69, 9.17) is 4.74 Å². The number of carbonyl (C=O) groups is 1. The zero-order valence-corrected chi connectivity index (χ0v) is 12.9. The summed E-state index contributed by atoms with van der Waals surface area (Å²) in [6.45, 7) is 2.04. The third kappa shape index (κ3) is 2.61. The largest absolute Gasteiger partial charge is 0.374 e. The number of amides is 1. The summed E-state index contributed by atoms with van der Waals surface area (Å²) in [5.74, 6) is -0.344. The molecule has 0 bridgehead atoms. The minimum atomic E-state index is -0.295. The molecule has 20 heavy (non-hydrogen) atoms. The van der Waals surface area contributed by atoms with Gasteiger partial charge in [-0.3, -0.25) is 4.79 Å². The molecule has 3 nitrogen and oxygen atoms in total. The molecule has 0 aliphatic carbocycles. The van der Waals surface area contributed by atoms with Crippen molar-refractivity contribution in [3.8, 4) is 0 Å². The van der Waals surface area contributed by atoms with E-state index in [1.807, 2.05) is 13.0 Å². The third-order valence-electron chi connectivity index (χ3n) is 4.01. The molecule has 2 aliphatic heterocycles. The van der Waals surface area contributed by atoms with Crippen LogP contribution in [0.25, 0.3) is 0 Å². The molecule has 1 amide bonds. The first-order valence-electron chi connectivity index (χ1n) is 6.96. The van der Waals surface area contributed by atoms with Crippen LogP contribution in [0.4, 0.5) is 10.1 Å². The van der Waals surface area contributed by atoms with Crippen LogP contribution in [-0.4, -0.2) is 18.1 Å². The molecule has 5 heteroatoms. The van der Waals surface area contributed by atoms with Crippen molar-refractivity contribution in [2.75, 3.05) is 5.32 Å². The zero-order valence-electron chi connectivity index (χ0n) is 11.3. The van der Waals surface area contributed by atoms with Gasteiger partial charge in [0, 0.05) is 17.7 Å². The number of fused-ring (bicyclic) bond motifs is 1. The van der Waals surface area contributed by atoms with Gasteiger partial charge in [-0.15, -0.1) is 0 Å². The van der Waals surface area contributed by atoms with Crippen molar-refractivity contribution in [3.05, 3.63) is 29.1 Å². The van der Waals surface area contributed by atoms with E-state index in [0.717, 1.165) is 18.4 Å². The SMILES string of the molecule is CC1CCC(C(Br)c2cc3c(cc2F)NC(=O)CC3)O1. The Labute approximate surface area is 126 Å². The second-order valence-electron chi connectivity index (χ2n) is 5.54. The molecule has 1 aromatic carbocycles. The monoisotopic (exact) mass is 341 g/mol. The summed E-state index contributed by atoms with van der Waals surface area (Å²) >= 11 is 3.58. The van der Waals surface area contributed by atoms with E-state index in [1.54, 1.807) is 0 Å². The van der Waals surface area contributed by atoms with Gasteiger partial charge in [-0.2, -0.15) is 0 Å². The Balaban J connectivity index is 1.88. The summed E-state index contributed by atoms with van der Waals surface area (Å²) in [6.07, 6.45) is 3.31. The molecule has 1 N–H and O–H groups in total. The highest BCUT2D eigenvalue weighted by Crippen LogP contribution is 2.39. The van der Waals surface area contributed by atoms with Gasteiger partial charge in [0.25, 0.3) is 0 Å². The smallest absolute Gasteiger partial charge is 0.224 e. The summed E-state index contributed by atoms with van der Waals surface area (Å²) in [5, 5.41) is 2.72. The minimum absolute atomic E-state index is 0.00994. The van der Waals surface area contributed by atoms with Crippen molar-refractivity contribution < 1.29 is 13.9 Å². The molecule has 0 spiro atoms. The highest BCUT2D eigenvalue weighted by Gasteiger charge is 2.31. The normalized spacial score (nSPS) is 27.1. The highest BCUT2D eigenvalue weighted by molar-refractivity contribution is 9.09. The van der Waals surface area contributed by atoms with Crippen molar-refractivity contribution in [1.29, 1.82) is 0 Å². The summed E-state index contributed by atoms with van der Waals surface area (Å²) in [4.78, 5) is 11.2. The van der Waals surface area contributed by atoms with Crippen LogP contribution in [0, 0.1) is 5.82 Å². The fraction of sp³-hybridized carbons (Fsp3) is 0.533. The molecule has 1 aromatic rings. The second-order valence-corrected chi connectivity index (χ2v) is 6.53. The van der Waals surface area contributed by atoms with Crippen molar-refractivity contribution in [2.45, 2.75) is 49.6 Å². The number of nitrogens with one attached hydrogen (secondary N) is 1. The van der Waals surface area contributed by atoms with E-state index in [1.165, 1.54) is 6.07 Å². The van der Waals surface area contributed by atoms with Gasteiger partial charge >= 0.3 is 0 Å². The lowest BCUT2D eigenvalue weighted by atomic mass is 9.96. The summed E-state index contributed by atoms with van der Waals surface area (Å²) in [7, 11) is 0. The van der Waals surface area contributed by atoms with Crippen LogP contribution in [-0.2, 0) is 16.0 Å². The van der Waals surface area contributed by atoms with Crippen LogP contribution >= 0.6 is 15.9 Å². The maximum Gasteiger partial charge on any atom is 0.224 e. The molecule has 0 radical (unpaired) electrons. The first-order chi connectivity index (χ1) is 9.54. The number of hydrogen-bond acceptors (Lipinski definition) is 2. The Kier molecular flexibility index (Phi) is 3.82. The van der Waals surface area contributed by atoms with E-state index < -0.39 is 0 Å². The lowest BCUT2D eigenvalue weighted by Crippen LogP contribution is -2.21. The Morgan fingerprint density at radius 1 is 1.40 bits per heavy atom. The third-order valence-corrected chi connectivity index (χ3v) is 5.09. The molecule has 0 saturated carbocycles. The second kappa shape index (κ2) is 5.45. The Morgan fingerprint density at radius 2 is 2.20 bits per heavy atom. The average Bonchev–Trinajstić information content (AvgIpc) is 2.84. The zero-order chi connectivity index (χ0) is 14.3. The maximum atomic E-state index is 14.3. The van der Waals surface area contributed by atoms with Gasteiger partial charge in [0.2, 0.25) is 5.91 Å². The molecule has 1 saturated heterocycles. The quantitative estimate of drug-likeness (QED) is 0.832. The standard InChI is InChI=1S/C15H17BrFNO2/c1-8-2-4-13(20-8)15(16)10-6-9-3-5-14(19)18-12(9)7-11(10)17/h6-8,13,15H,2-5H2,1H3,(H,18,19). The molecular weight excluding hydrogens is 325 g/mol. The fourth-order valence-corrected chi connectivity index (χ4v) is 3.62. The van der Waals surface area contributed by atoms with Gasteiger partial charge in [0.1, 0.15) is 5.82 Å². The molecule has 3 unspecified atom stereocenters. The minimum Gasteiger partial charge on any atom is -0.374 e. The van der Waals surface area contributed by atoms with Crippen LogP contribution in [0.15, 0.2) is 12.1 Å². The number of halogens is 2. The van der Waals surface area contributed by atoms with Crippen LogP contribution in [0.3, 0.4) is 0 Å². The van der Waals surface area contributed by atoms with Crippen LogP contribution in [0.5, 0.6) is 0 Å². The Bertz CT molecular complexity index is 549. The van der Waals surface area contributed by atoms with Gasteiger partial charge in [-0.05, 0) is 43.9 Å². The van der Waals surface area contributed by atoms with E-state index >= 15 is 0 Å². The van der Waals surface area contributed by atoms with E-state index in [9.17, 15) is 9.18 Å². The number of rotatable bonds is 2. The fourth-order valence-electron chi connectivity index (χ4n) is 2.88. The van der Waals surface area contributed by atoms with Gasteiger partial charge in [-0.1, -0.05) is 15.9 Å². The van der Waals surface area contributed by atoms with Crippen molar-refractivity contribution in [1.82, 2.24) is 0 Å². The molecule has 108 valence electrons. The molecular formula is C15H17BrFNO2. The molecule has 2 aliphatic rings. The van der Waals surface area contributed by atoms with Crippen LogP contribution in [0.1, 0.15) is 42.1 Å². The molecule has 3 atom stereocenters. The van der Waals surface area contributed by atoms with Crippen molar-refractivity contribution in [3.63, 3.8) is 0 Å². The topological polar surface area (TPSA) is 38.3 Å². The summed E-state index contributed by atoms with van der Waals surface area (Å²) < 4.78 is 20.1. The first kappa shape index (κ1) is 14.0. The molecule has 2 heterocycles. The lowest BCUT2D eigenvalue weighted by Gasteiger charge is -2.23. The van der Waals surface area contributed by atoms with Gasteiger partial charge in [0.05, 0.1) is 17.0 Å². The predicted molar refractivity (Wildman–Crippen MR) is 78.6 cm³/mol. The first-order valence-corrected chi connectivity index (χ1v) is 7.88. The molecule has 1 fully saturated rings. The molecule has 0 aromatic heterocycles. The van der Waals surface area contributed by atoms with E-state index in [-0.39, 0.29) is 28.8 Å². The number of anilines is 1. The number of benzene rings is 1.